The lowest BCUT2D eigenvalue weighted by Gasteiger charge is -2.11. The van der Waals surface area contributed by atoms with E-state index in [1.807, 2.05) is 41.0 Å². The Morgan fingerprint density at radius 3 is 2.53 bits per heavy atom. The summed E-state index contributed by atoms with van der Waals surface area (Å²) in [4.78, 5) is 28.1. The van der Waals surface area contributed by atoms with Crippen molar-refractivity contribution in [2.45, 2.75) is 38.8 Å². The minimum atomic E-state index is -0.107. The van der Waals surface area contributed by atoms with E-state index in [2.05, 4.69) is 19.1 Å². The van der Waals surface area contributed by atoms with Gasteiger partial charge >= 0.3 is 0 Å². The lowest BCUT2D eigenvalue weighted by molar-refractivity contribution is 0.0960. The van der Waals surface area contributed by atoms with Crippen molar-refractivity contribution < 1.29 is 4.74 Å². The molecule has 0 saturated carbocycles. The Hall–Kier alpha value is -3.58. The minimum Gasteiger partial charge on any atom is -0.376 e. The second-order valence-corrected chi connectivity index (χ2v) is 8.28. The third-order valence-electron chi connectivity index (χ3n) is 6.26. The van der Waals surface area contributed by atoms with Crippen molar-refractivity contribution in [2.24, 2.45) is 0 Å². The van der Waals surface area contributed by atoms with E-state index >= 15 is 0 Å². The number of ether oxygens (including phenoxy) is 1. The molecule has 3 aromatic heterocycles. The van der Waals surface area contributed by atoms with Gasteiger partial charge in [-0.3, -0.25) is 13.9 Å². The molecule has 0 aliphatic carbocycles. The van der Waals surface area contributed by atoms with Gasteiger partial charge in [0.15, 0.2) is 11.3 Å². The molecule has 0 unspecified atom stereocenters. The van der Waals surface area contributed by atoms with Crippen molar-refractivity contribution in [1.29, 1.82) is 0 Å². The highest BCUT2D eigenvalue weighted by atomic mass is 16.5. The average Bonchev–Trinajstić information content (AvgIpc) is 3.45. The number of nitrogens with zero attached hydrogens (tertiary/aromatic N) is 5. The van der Waals surface area contributed by atoms with Gasteiger partial charge in [0.05, 0.1) is 23.7 Å². The van der Waals surface area contributed by atoms with Crippen LogP contribution >= 0.6 is 0 Å². The maximum absolute atomic E-state index is 13.6. The number of para-hydroxylation sites is 2. The Morgan fingerprint density at radius 1 is 1.03 bits per heavy atom. The van der Waals surface area contributed by atoms with E-state index in [0.29, 0.717) is 28.7 Å². The molecule has 32 heavy (non-hydrogen) atoms. The van der Waals surface area contributed by atoms with Crippen LogP contribution in [0.2, 0.25) is 0 Å². The quantitative estimate of drug-likeness (QED) is 0.435. The first kappa shape index (κ1) is 19.1. The fourth-order valence-electron chi connectivity index (χ4n) is 4.54. The van der Waals surface area contributed by atoms with Crippen LogP contribution in [0.5, 0.6) is 0 Å². The van der Waals surface area contributed by atoms with Crippen LogP contribution in [-0.2, 0) is 17.7 Å². The second-order valence-electron chi connectivity index (χ2n) is 8.28. The molecule has 1 saturated heterocycles. The molecule has 0 amide bonds. The molecule has 1 fully saturated rings. The standard InChI is InChI=1S/C25H23N5O2/c1-2-16-9-11-17(12-10-16)30-23-21(22-24(30)28-20-8-4-3-7-19(20)27-22)25(31)29(15-26-23)14-18-6-5-13-32-18/h3-4,7-12,15,18H,2,5-6,13-14H2,1H3/t18-/m1/s1. The third-order valence-corrected chi connectivity index (χ3v) is 6.26. The normalized spacial score (nSPS) is 16.5. The molecular formula is C25H23N5O2. The summed E-state index contributed by atoms with van der Waals surface area (Å²) < 4.78 is 9.34. The average molecular weight is 425 g/mol. The maximum Gasteiger partial charge on any atom is 0.265 e. The molecule has 0 N–H and O–H groups in total. The van der Waals surface area contributed by atoms with Gasteiger partial charge in [-0.15, -0.1) is 0 Å². The molecule has 0 spiro atoms. The van der Waals surface area contributed by atoms with Gasteiger partial charge in [-0.2, -0.15) is 0 Å². The highest BCUT2D eigenvalue weighted by Gasteiger charge is 2.23. The van der Waals surface area contributed by atoms with Crippen molar-refractivity contribution in [3.8, 4) is 5.69 Å². The summed E-state index contributed by atoms with van der Waals surface area (Å²) in [5.41, 5.74) is 5.40. The number of benzene rings is 2. The number of rotatable bonds is 4. The Labute approximate surface area is 184 Å². The number of hydrogen-bond donors (Lipinski definition) is 0. The Morgan fingerprint density at radius 2 is 1.81 bits per heavy atom. The topological polar surface area (TPSA) is 74.8 Å². The van der Waals surface area contributed by atoms with E-state index in [0.717, 1.165) is 42.6 Å². The molecule has 7 nitrogen and oxygen atoms in total. The zero-order valence-corrected chi connectivity index (χ0v) is 17.9. The second kappa shape index (κ2) is 7.53. The highest BCUT2D eigenvalue weighted by Crippen LogP contribution is 2.28. The van der Waals surface area contributed by atoms with E-state index < -0.39 is 0 Å². The molecule has 1 atom stereocenters. The zero-order valence-electron chi connectivity index (χ0n) is 17.9. The Kier molecular flexibility index (Phi) is 4.50. The molecule has 5 aromatic rings. The van der Waals surface area contributed by atoms with E-state index in [-0.39, 0.29) is 11.7 Å². The minimum absolute atomic E-state index is 0.0498. The summed E-state index contributed by atoms with van der Waals surface area (Å²) in [5.74, 6) is 0. The van der Waals surface area contributed by atoms with Gasteiger partial charge in [0, 0.05) is 12.3 Å². The van der Waals surface area contributed by atoms with Gasteiger partial charge < -0.3 is 4.74 Å². The summed E-state index contributed by atoms with van der Waals surface area (Å²) in [5, 5.41) is 0.498. The predicted octanol–water partition coefficient (Wildman–Crippen LogP) is 4.03. The molecule has 6 rings (SSSR count). The largest absolute Gasteiger partial charge is 0.376 e. The fourth-order valence-corrected chi connectivity index (χ4v) is 4.54. The van der Waals surface area contributed by atoms with Crippen LogP contribution in [0.3, 0.4) is 0 Å². The summed E-state index contributed by atoms with van der Waals surface area (Å²) >= 11 is 0. The van der Waals surface area contributed by atoms with Crippen LogP contribution in [0.25, 0.3) is 38.9 Å². The van der Waals surface area contributed by atoms with Gasteiger partial charge in [-0.1, -0.05) is 31.2 Å². The van der Waals surface area contributed by atoms with Crippen molar-refractivity contribution in [2.75, 3.05) is 6.61 Å². The van der Waals surface area contributed by atoms with Crippen molar-refractivity contribution in [3.63, 3.8) is 0 Å². The van der Waals surface area contributed by atoms with Crippen LogP contribution < -0.4 is 5.56 Å². The van der Waals surface area contributed by atoms with E-state index in [4.69, 9.17) is 19.7 Å². The zero-order chi connectivity index (χ0) is 21.7. The predicted molar refractivity (Wildman–Crippen MR) is 124 cm³/mol. The first-order valence-electron chi connectivity index (χ1n) is 11.1. The summed E-state index contributed by atoms with van der Waals surface area (Å²) in [6.07, 6.45) is 4.63. The number of aryl methyl sites for hydroxylation is 1. The molecule has 1 aliphatic rings. The van der Waals surface area contributed by atoms with Crippen LogP contribution in [-0.4, -0.2) is 36.8 Å². The molecule has 7 heteroatoms. The van der Waals surface area contributed by atoms with Crippen molar-refractivity contribution in [3.05, 3.63) is 70.8 Å². The Balaban J connectivity index is 1.66. The number of hydrogen-bond acceptors (Lipinski definition) is 5. The molecule has 1 aliphatic heterocycles. The molecule has 2 aromatic carbocycles. The number of aromatic nitrogens is 5. The summed E-state index contributed by atoms with van der Waals surface area (Å²) in [7, 11) is 0. The summed E-state index contributed by atoms with van der Waals surface area (Å²) in [6, 6.07) is 16.0. The lowest BCUT2D eigenvalue weighted by Crippen LogP contribution is -2.26. The first-order chi connectivity index (χ1) is 15.7. The van der Waals surface area contributed by atoms with Gasteiger partial charge in [0.2, 0.25) is 0 Å². The van der Waals surface area contributed by atoms with E-state index in [1.165, 1.54) is 5.56 Å². The van der Waals surface area contributed by atoms with Crippen molar-refractivity contribution >= 4 is 33.2 Å². The van der Waals surface area contributed by atoms with Gasteiger partial charge in [0.25, 0.3) is 5.56 Å². The molecule has 0 radical (unpaired) electrons. The molecule has 4 heterocycles. The van der Waals surface area contributed by atoms with Crippen LogP contribution in [0.1, 0.15) is 25.3 Å². The summed E-state index contributed by atoms with van der Waals surface area (Å²) in [6.45, 7) is 3.38. The molecular weight excluding hydrogens is 402 g/mol. The highest BCUT2D eigenvalue weighted by molar-refractivity contribution is 6.05. The fraction of sp³-hybridized carbons (Fsp3) is 0.280. The smallest absolute Gasteiger partial charge is 0.265 e. The van der Waals surface area contributed by atoms with Gasteiger partial charge in [0.1, 0.15) is 17.2 Å². The molecule has 0 bridgehead atoms. The molecule has 160 valence electrons. The first-order valence-corrected chi connectivity index (χ1v) is 11.1. The van der Waals surface area contributed by atoms with Gasteiger partial charge in [-0.25, -0.2) is 15.0 Å². The van der Waals surface area contributed by atoms with E-state index in [9.17, 15) is 4.79 Å². The maximum atomic E-state index is 13.6. The third kappa shape index (κ3) is 3.00. The Bertz CT molecular complexity index is 1510. The lowest BCUT2D eigenvalue weighted by atomic mass is 10.1. The van der Waals surface area contributed by atoms with Crippen molar-refractivity contribution in [1.82, 2.24) is 24.1 Å². The monoisotopic (exact) mass is 425 g/mol. The van der Waals surface area contributed by atoms with E-state index in [1.54, 1.807) is 10.9 Å². The van der Waals surface area contributed by atoms with Gasteiger partial charge in [-0.05, 0) is 49.1 Å². The van der Waals surface area contributed by atoms with Crippen LogP contribution in [0, 0.1) is 0 Å². The number of fused-ring (bicyclic) bond motifs is 4. The SMILES string of the molecule is CCc1ccc(-n2c3nc4ccccc4nc3c3c(=O)n(C[C@H]4CCCO4)cnc32)cc1. The van der Waals surface area contributed by atoms with Crippen LogP contribution in [0.4, 0.5) is 0 Å². The van der Waals surface area contributed by atoms with Crippen LogP contribution in [0.15, 0.2) is 59.7 Å².